The molecular weight excluding hydrogens is 334 g/mol. The van der Waals surface area contributed by atoms with Crippen molar-refractivity contribution in [2.24, 2.45) is 5.73 Å². The first-order valence-corrected chi connectivity index (χ1v) is 8.15. The van der Waals surface area contributed by atoms with Crippen LogP contribution in [0.25, 0.3) is 0 Å². The van der Waals surface area contributed by atoms with E-state index >= 15 is 0 Å². The van der Waals surface area contributed by atoms with Crippen molar-refractivity contribution in [1.29, 1.82) is 0 Å². The van der Waals surface area contributed by atoms with E-state index in [1.807, 2.05) is 30.3 Å². The largest absolute Gasteiger partial charge is 0.465 e. The van der Waals surface area contributed by atoms with E-state index in [-0.39, 0.29) is 25.6 Å². The normalized spacial score (nSPS) is 10.0. The molecule has 0 bridgehead atoms. The molecule has 2 aromatic carbocycles. The summed E-state index contributed by atoms with van der Waals surface area (Å²) in [4.78, 5) is 37.2. The van der Waals surface area contributed by atoms with Crippen LogP contribution in [0.1, 0.15) is 22.8 Å². The van der Waals surface area contributed by atoms with Crippen LogP contribution < -0.4 is 11.1 Å². The lowest BCUT2D eigenvalue weighted by atomic mass is 10.1. The number of nitrogens with two attached hydrogens (primary N) is 1. The number of hydrogen-bond acceptors (Lipinski definition) is 4. The standard InChI is InChI=1S/C19H21N3O4/c1-2-26-17(23)13-22(12-14-7-4-3-5-8-14)18(24)15-9-6-10-16(11-15)21-19(20)25/h3-11H,2,12-13H2,1H3,(H3,20,21,25). The Hall–Kier alpha value is -3.35. The molecule has 3 amide bonds. The lowest BCUT2D eigenvalue weighted by Crippen LogP contribution is -2.36. The molecule has 7 heteroatoms. The second kappa shape index (κ2) is 9.22. The van der Waals surface area contributed by atoms with E-state index in [0.717, 1.165) is 5.56 Å². The molecule has 3 N–H and O–H groups in total. The third-order valence-electron chi connectivity index (χ3n) is 3.51. The third kappa shape index (κ3) is 5.62. The number of amides is 3. The number of ether oxygens (including phenoxy) is 1. The smallest absolute Gasteiger partial charge is 0.325 e. The predicted octanol–water partition coefficient (Wildman–Crippen LogP) is 2.38. The molecule has 0 aliphatic heterocycles. The molecule has 0 aromatic heterocycles. The van der Waals surface area contributed by atoms with Crippen molar-refractivity contribution in [3.05, 3.63) is 65.7 Å². The molecule has 7 nitrogen and oxygen atoms in total. The number of rotatable bonds is 7. The quantitative estimate of drug-likeness (QED) is 0.745. The van der Waals surface area contributed by atoms with Crippen LogP contribution in [0, 0.1) is 0 Å². The molecule has 2 rings (SSSR count). The molecule has 0 heterocycles. The maximum atomic E-state index is 12.9. The number of urea groups is 1. The molecule has 136 valence electrons. The number of esters is 1. The molecular formula is C19H21N3O4. The Kier molecular flexibility index (Phi) is 6.73. The number of hydrogen-bond donors (Lipinski definition) is 2. The summed E-state index contributed by atoms with van der Waals surface area (Å²) in [7, 11) is 0. The maximum Gasteiger partial charge on any atom is 0.325 e. The van der Waals surface area contributed by atoms with Crippen LogP contribution in [0.2, 0.25) is 0 Å². The first kappa shape index (κ1) is 19.0. The second-order valence-corrected chi connectivity index (χ2v) is 5.52. The van der Waals surface area contributed by atoms with E-state index in [4.69, 9.17) is 10.5 Å². The lowest BCUT2D eigenvalue weighted by Gasteiger charge is -2.22. The highest BCUT2D eigenvalue weighted by Crippen LogP contribution is 2.15. The second-order valence-electron chi connectivity index (χ2n) is 5.52. The molecule has 26 heavy (non-hydrogen) atoms. The topological polar surface area (TPSA) is 102 Å². The Bertz CT molecular complexity index is 777. The van der Waals surface area contributed by atoms with E-state index in [1.165, 1.54) is 11.0 Å². The van der Waals surface area contributed by atoms with Crippen LogP contribution in [0.15, 0.2) is 54.6 Å². The van der Waals surface area contributed by atoms with Crippen LogP contribution in [0.3, 0.4) is 0 Å². The van der Waals surface area contributed by atoms with Crippen molar-refractivity contribution >= 4 is 23.6 Å². The molecule has 0 aliphatic rings. The zero-order valence-electron chi connectivity index (χ0n) is 14.5. The van der Waals surface area contributed by atoms with Gasteiger partial charge < -0.3 is 20.7 Å². The monoisotopic (exact) mass is 355 g/mol. The summed E-state index contributed by atoms with van der Waals surface area (Å²) in [6.45, 7) is 2.03. The van der Waals surface area contributed by atoms with Gasteiger partial charge in [0.05, 0.1) is 6.61 Å². The van der Waals surface area contributed by atoms with E-state index < -0.39 is 12.0 Å². The highest BCUT2D eigenvalue weighted by atomic mass is 16.5. The van der Waals surface area contributed by atoms with Gasteiger partial charge in [0.15, 0.2) is 0 Å². The summed E-state index contributed by atoms with van der Waals surface area (Å²) in [5.74, 6) is -0.835. The average Bonchev–Trinajstić information content (AvgIpc) is 2.61. The van der Waals surface area contributed by atoms with Gasteiger partial charge in [-0.25, -0.2) is 4.79 Å². The average molecular weight is 355 g/mol. The molecule has 0 spiro atoms. The van der Waals surface area contributed by atoms with Gasteiger partial charge in [-0.05, 0) is 30.7 Å². The van der Waals surface area contributed by atoms with Crippen LogP contribution in [-0.2, 0) is 16.1 Å². The van der Waals surface area contributed by atoms with E-state index in [0.29, 0.717) is 11.3 Å². The summed E-state index contributed by atoms with van der Waals surface area (Å²) in [6.07, 6.45) is 0. The van der Waals surface area contributed by atoms with E-state index in [2.05, 4.69) is 5.32 Å². The lowest BCUT2D eigenvalue weighted by molar-refractivity contribution is -0.143. The zero-order valence-corrected chi connectivity index (χ0v) is 14.5. The van der Waals surface area contributed by atoms with Gasteiger partial charge in [-0.3, -0.25) is 9.59 Å². The number of carbonyl (C=O) groups excluding carboxylic acids is 3. The number of nitrogens with one attached hydrogen (secondary N) is 1. The van der Waals surface area contributed by atoms with Crippen molar-refractivity contribution in [3.8, 4) is 0 Å². The molecule has 0 atom stereocenters. The maximum absolute atomic E-state index is 12.9. The summed E-state index contributed by atoms with van der Waals surface area (Å²) < 4.78 is 4.97. The van der Waals surface area contributed by atoms with Crippen molar-refractivity contribution in [2.45, 2.75) is 13.5 Å². The van der Waals surface area contributed by atoms with Gasteiger partial charge in [-0.1, -0.05) is 36.4 Å². The molecule has 0 radical (unpaired) electrons. The summed E-state index contributed by atoms with van der Waals surface area (Å²) in [6, 6.07) is 15.0. The van der Waals surface area contributed by atoms with Crippen molar-refractivity contribution in [1.82, 2.24) is 4.90 Å². The predicted molar refractivity (Wildman–Crippen MR) is 97.5 cm³/mol. The summed E-state index contributed by atoms with van der Waals surface area (Å²) in [5.41, 5.74) is 6.72. The minimum Gasteiger partial charge on any atom is -0.465 e. The Morgan fingerprint density at radius 1 is 1.08 bits per heavy atom. The number of carbonyl (C=O) groups is 3. The Balaban J connectivity index is 2.23. The molecule has 0 fully saturated rings. The van der Waals surface area contributed by atoms with Crippen LogP contribution >= 0.6 is 0 Å². The van der Waals surface area contributed by atoms with Gasteiger partial charge in [0.1, 0.15) is 6.54 Å². The number of nitrogens with zero attached hydrogens (tertiary/aromatic N) is 1. The van der Waals surface area contributed by atoms with Gasteiger partial charge in [-0.15, -0.1) is 0 Å². The van der Waals surface area contributed by atoms with Gasteiger partial charge in [-0.2, -0.15) is 0 Å². The zero-order chi connectivity index (χ0) is 18.9. The molecule has 0 saturated heterocycles. The SMILES string of the molecule is CCOC(=O)CN(Cc1ccccc1)C(=O)c1cccc(NC(N)=O)c1. The van der Waals surface area contributed by atoms with Crippen LogP contribution in [0.4, 0.5) is 10.5 Å². The Morgan fingerprint density at radius 3 is 2.46 bits per heavy atom. The Morgan fingerprint density at radius 2 is 1.81 bits per heavy atom. The number of primary amides is 1. The van der Waals surface area contributed by atoms with E-state index in [1.54, 1.807) is 25.1 Å². The first-order valence-electron chi connectivity index (χ1n) is 8.15. The van der Waals surface area contributed by atoms with Gasteiger partial charge >= 0.3 is 12.0 Å². The fourth-order valence-corrected chi connectivity index (χ4v) is 2.42. The van der Waals surface area contributed by atoms with Crippen LogP contribution in [-0.4, -0.2) is 36.0 Å². The minimum atomic E-state index is -0.720. The van der Waals surface area contributed by atoms with Crippen molar-refractivity contribution in [2.75, 3.05) is 18.5 Å². The Labute approximate surface area is 151 Å². The van der Waals surface area contributed by atoms with Crippen LogP contribution in [0.5, 0.6) is 0 Å². The fourth-order valence-electron chi connectivity index (χ4n) is 2.42. The highest BCUT2D eigenvalue weighted by Gasteiger charge is 2.20. The molecule has 2 aromatic rings. The number of benzene rings is 2. The van der Waals surface area contributed by atoms with Gasteiger partial charge in [0.2, 0.25) is 0 Å². The molecule has 0 saturated carbocycles. The fraction of sp³-hybridized carbons (Fsp3) is 0.211. The van der Waals surface area contributed by atoms with Gasteiger partial charge in [0.25, 0.3) is 5.91 Å². The third-order valence-corrected chi connectivity index (χ3v) is 3.51. The molecule has 0 unspecified atom stereocenters. The highest BCUT2D eigenvalue weighted by molar-refractivity contribution is 5.98. The van der Waals surface area contributed by atoms with Crippen molar-refractivity contribution in [3.63, 3.8) is 0 Å². The van der Waals surface area contributed by atoms with Crippen molar-refractivity contribution < 1.29 is 19.1 Å². The number of anilines is 1. The molecule has 0 aliphatic carbocycles. The summed E-state index contributed by atoms with van der Waals surface area (Å²) >= 11 is 0. The first-order chi connectivity index (χ1) is 12.5. The minimum absolute atomic E-state index is 0.172. The summed E-state index contributed by atoms with van der Waals surface area (Å²) in [5, 5.41) is 2.43. The van der Waals surface area contributed by atoms with Gasteiger partial charge in [0, 0.05) is 17.8 Å². The van der Waals surface area contributed by atoms with E-state index in [9.17, 15) is 14.4 Å².